The van der Waals surface area contributed by atoms with E-state index in [2.05, 4.69) is 9.71 Å². The van der Waals surface area contributed by atoms with Crippen molar-refractivity contribution in [2.24, 2.45) is 0 Å². The molecule has 1 aromatic rings. The van der Waals surface area contributed by atoms with Crippen LogP contribution in [0.15, 0.2) is 23.2 Å². The van der Waals surface area contributed by atoms with Crippen LogP contribution in [-0.2, 0) is 14.8 Å². The van der Waals surface area contributed by atoms with Gasteiger partial charge in [-0.2, -0.15) is 0 Å². The lowest BCUT2D eigenvalue weighted by atomic mass is 9.86. The molecule has 0 saturated heterocycles. The van der Waals surface area contributed by atoms with Crippen LogP contribution < -0.4 is 4.72 Å². The monoisotopic (exact) mass is 327 g/mol. The molecule has 22 heavy (non-hydrogen) atoms. The molecule has 1 saturated carbocycles. The SMILES string of the molecule is CCN(CC(=O)O)C1CC(NS(=O)(=O)c2ccc(C)nc2)C1. The van der Waals surface area contributed by atoms with E-state index in [0.717, 1.165) is 5.69 Å². The summed E-state index contributed by atoms with van der Waals surface area (Å²) in [7, 11) is -3.56. The number of aryl methyl sites for hydroxylation is 1. The summed E-state index contributed by atoms with van der Waals surface area (Å²) in [5.41, 5.74) is 0.759. The Labute approximate surface area is 130 Å². The molecule has 1 fully saturated rings. The van der Waals surface area contributed by atoms with Gasteiger partial charge in [-0.3, -0.25) is 14.7 Å². The fourth-order valence-electron chi connectivity index (χ4n) is 2.56. The summed E-state index contributed by atoms with van der Waals surface area (Å²) in [6, 6.07) is 3.15. The molecule has 0 unspecified atom stereocenters. The fourth-order valence-corrected chi connectivity index (χ4v) is 3.76. The number of sulfonamides is 1. The number of aromatic nitrogens is 1. The van der Waals surface area contributed by atoms with Crippen molar-refractivity contribution in [3.8, 4) is 0 Å². The summed E-state index contributed by atoms with van der Waals surface area (Å²) in [5.74, 6) is -0.864. The Bertz CT molecular complexity index is 624. The largest absolute Gasteiger partial charge is 0.480 e. The lowest BCUT2D eigenvalue weighted by Gasteiger charge is -2.42. The molecule has 8 heteroatoms. The molecule has 2 N–H and O–H groups in total. The van der Waals surface area contributed by atoms with Gasteiger partial charge in [0.05, 0.1) is 6.54 Å². The topological polar surface area (TPSA) is 99.6 Å². The maximum Gasteiger partial charge on any atom is 0.317 e. The highest BCUT2D eigenvalue weighted by molar-refractivity contribution is 7.89. The molecule has 0 aliphatic heterocycles. The average molecular weight is 327 g/mol. The van der Waals surface area contributed by atoms with Gasteiger partial charge in [0, 0.05) is 24.0 Å². The normalized spacial score (nSPS) is 21.6. The zero-order chi connectivity index (χ0) is 16.3. The van der Waals surface area contributed by atoms with E-state index in [1.807, 2.05) is 11.8 Å². The van der Waals surface area contributed by atoms with E-state index in [4.69, 9.17) is 5.11 Å². The van der Waals surface area contributed by atoms with Gasteiger partial charge in [0.25, 0.3) is 0 Å². The van der Waals surface area contributed by atoms with E-state index < -0.39 is 16.0 Å². The summed E-state index contributed by atoms with van der Waals surface area (Å²) in [6.45, 7) is 4.32. The molecule has 0 aromatic carbocycles. The van der Waals surface area contributed by atoms with E-state index in [0.29, 0.717) is 19.4 Å². The maximum absolute atomic E-state index is 12.2. The maximum atomic E-state index is 12.2. The molecule has 1 aliphatic rings. The Balaban J connectivity index is 1.91. The molecule has 0 radical (unpaired) electrons. The van der Waals surface area contributed by atoms with Gasteiger partial charge in [-0.1, -0.05) is 6.92 Å². The minimum absolute atomic E-state index is 0.0114. The number of carboxylic acid groups (broad SMARTS) is 1. The molecule has 0 bridgehead atoms. The minimum Gasteiger partial charge on any atom is -0.480 e. The summed E-state index contributed by atoms with van der Waals surface area (Å²) >= 11 is 0. The van der Waals surface area contributed by atoms with Gasteiger partial charge in [0.1, 0.15) is 4.90 Å². The summed E-state index contributed by atoms with van der Waals surface area (Å²) < 4.78 is 27.1. The quantitative estimate of drug-likeness (QED) is 0.761. The van der Waals surface area contributed by atoms with Crippen molar-refractivity contribution >= 4 is 16.0 Å². The van der Waals surface area contributed by atoms with Gasteiger partial charge in [-0.25, -0.2) is 13.1 Å². The number of nitrogens with one attached hydrogen (secondary N) is 1. The Morgan fingerprint density at radius 2 is 2.14 bits per heavy atom. The molecule has 0 amide bonds. The number of hydrogen-bond donors (Lipinski definition) is 2. The van der Waals surface area contributed by atoms with Gasteiger partial charge in [0.15, 0.2) is 0 Å². The van der Waals surface area contributed by atoms with E-state index in [9.17, 15) is 13.2 Å². The van der Waals surface area contributed by atoms with Gasteiger partial charge in [-0.15, -0.1) is 0 Å². The Morgan fingerprint density at radius 3 is 2.64 bits per heavy atom. The zero-order valence-corrected chi connectivity index (χ0v) is 13.5. The van der Waals surface area contributed by atoms with Gasteiger partial charge in [0.2, 0.25) is 10.0 Å². The van der Waals surface area contributed by atoms with E-state index in [-0.39, 0.29) is 23.5 Å². The molecule has 1 aliphatic carbocycles. The van der Waals surface area contributed by atoms with E-state index in [1.165, 1.54) is 12.3 Å². The predicted molar refractivity (Wildman–Crippen MR) is 81.0 cm³/mol. The van der Waals surface area contributed by atoms with Crippen LogP contribution in [-0.4, -0.2) is 54.6 Å². The number of pyridine rings is 1. The number of carbonyl (C=O) groups is 1. The first-order valence-corrected chi connectivity index (χ1v) is 8.71. The summed E-state index contributed by atoms with van der Waals surface area (Å²) in [6.07, 6.45) is 2.59. The third kappa shape index (κ3) is 4.02. The highest BCUT2D eigenvalue weighted by atomic mass is 32.2. The van der Waals surface area contributed by atoms with Gasteiger partial charge < -0.3 is 5.11 Å². The predicted octanol–water partition coefficient (Wildman–Crippen LogP) is 0.606. The van der Waals surface area contributed by atoms with Crippen molar-refractivity contribution in [2.75, 3.05) is 13.1 Å². The second-order valence-corrected chi connectivity index (χ2v) is 7.25. The van der Waals surface area contributed by atoms with Gasteiger partial charge >= 0.3 is 5.97 Å². The van der Waals surface area contributed by atoms with Crippen molar-refractivity contribution in [3.63, 3.8) is 0 Å². The molecule has 1 aromatic heterocycles. The van der Waals surface area contributed by atoms with Gasteiger partial charge in [-0.05, 0) is 38.4 Å². The van der Waals surface area contributed by atoms with Crippen LogP contribution in [0.3, 0.4) is 0 Å². The second kappa shape index (κ2) is 6.72. The fraction of sp³-hybridized carbons (Fsp3) is 0.571. The van der Waals surface area contributed by atoms with Crippen LogP contribution >= 0.6 is 0 Å². The number of carboxylic acids is 1. The number of nitrogens with zero attached hydrogens (tertiary/aromatic N) is 2. The molecule has 1 heterocycles. The first-order valence-electron chi connectivity index (χ1n) is 7.22. The van der Waals surface area contributed by atoms with Crippen molar-refractivity contribution < 1.29 is 18.3 Å². The number of aliphatic carboxylic acids is 1. The molecule has 0 spiro atoms. The van der Waals surface area contributed by atoms with Crippen LogP contribution in [0.5, 0.6) is 0 Å². The van der Waals surface area contributed by atoms with Crippen LogP contribution in [0.4, 0.5) is 0 Å². The number of rotatable bonds is 7. The van der Waals surface area contributed by atoms with Crippen molar-refractivity contribution in [2.45, 2.75) is 43.7 Å². The average Bonchev–Trinajstić information content (AvgIpc) is 2.40. The number of hydrogen-bond acceptors (Lipinski definition) is 5. The molecule has 7 nitrogen and oxygen atoms in total. The molecular weight excluding hydrogens is 306 g/mol. The lowest BCUT2D eigenvalue weighted by molar-refractivity contribution is -0.139. The van der Waals surface area contributed by atoms with Crippen LogP contribution in [0, 0.1) is 6.92 Å². The van der Waals surface area contributed by atoms with Crippen molar-refractivity contribution in [1.82, 2.24) is 14.6 Å². The third-order valence-corrected chi connectivity index (χ3v) is 5.40. The van der Waals surface area contributed by atoms with E-state index >= 15 is 0 Å². The molecule has 0 atom stereocenters. The lowest BCUT2D eigenvalue weighted by Crippen LogP contribution is -2.54. The van der Waals surface area contributed by atoms with Crippen LogP contribution in [0.25, 0.3) is 0 Å². The second-order valence-electron chi connectivity index (χ2n) is 5.54. The van der Waals surface area contributed by atoms with E-state index in [1.54, 1.807) is 13.0 Å². The smallest absolute Gasteiger partial charge is 0.317 e. The number of likely N-dealkylation sites (N-methyl/N-ethyl adjacent to an activating group) is 1. The first kappa shape index (κ1) is 16.9. The zero-order valence-electron chi connectivity index (χ0n) is 12.7. The first-order chi connectivity index (χ1) is 10.3. The van der Waals surface area contributed by atoms with Crippen LogP contribution in [0.2, 0.25) is 0 Å². The molecular formula is C14H21N3O4S. The summed E-state index contributed by atoms with van der Waals surface area (Å²) in [5, 5.41) is 8.85. The van der Waals surface area contributed by atoms with Crippen molar-refractivity contribution in [3.05, 3.63) is 24.0 Å². The molecule has 122 valence electrons. The summed E-state index contributed by atoms with van der Waals surface area (Å²) in [4.78, 5) is 16.8. The third-order valence-electron chi connectivity index (χ3n) is 3.89. The van der Waals surface area contributed by atoms with Crippen molar-refractivity contribution in [1.29, 1.82) is 0 Å². The highest BCUT2D eigenvalue weighted by Gasteiger charge is 2.36. The molecule has 2 rings (SSSR count). The Morgan fingerprint density at radius 1 is 1.45 bits per heavy atom. The Hall–Kier alpha value is -1.51. The minimum atomic E-state index is -3.56. The standard InChI is InChI=1S/C14H21N3O4S/c1-3-17(9-14(18)19)12-6-11(7-12)16-22(20,21)13-5-4-10(2)15-8-13/h4-5,8,11-12,16H,3,6-7,9H2,1-2H3,(H,18,19). The Kier molecular flexibility index (Phi) is 5.15. The highest BCUT2D eigenvalue weighted by Crippen LogP contribution is 2.27. The van der Waals surface area contributed by atoms with Crippen LogP contribution in [0.1, 0.15) is 25.5 Å².